The molecule has 0 aliphatic heterocycles. The summed E-state index contributed by atoms with van der Waals surface area (Å²) < 4.78 is 0. The van der Waals surface area contributed by atoms with Gasteiger partial charge in [0.1, 0.15) is 0 Å². The highest BCUT2D eigenvalue weighted by Gasteiger charge is 2.28. The van der Waals surface area contributed by atoms with E-state index < -0.39 is 0 Å². The van der Waals surface area contributed by atoms with Gasteiger partial charge < -0.3 is 10.2 Å². The van der Waals surface area contributed by atoms with Crippen LogP contribution in [-0.2, 0) is 0 Å². The zero-order valence-corrected chi connectivity index (χ0v) is 10.8. The van der Waals surface area contributed by atoms with Gasteiger partial charge in [0.15, 0.2) is 0 Å². The average molecular weight is 245 g/mol. The Morgan fingerprint density at radius 3 is 2.75 bits per heavy atom. The minimum absolute atomic E-state index is 0.163. The molecule has 0 heterocycles. The van der Waals surface area contributed by atoms with E-state index in [0.717, 1.165) is 43.6 Å². The van der Waals surface area contributed by atoms with Gasteiger partial charge in [-0.1, -0.05) is 13.3 Å². The van der Waals surface area contributed by atoms with E-state index in [2.05, 4.69) is 6.92 Å². The van der Waals surface area contributed by atoms with Gasteiger partial charge in [0, 0.05) is 11.9 Å². The molecule has 94 valence electrons. The fourth-order valence-electron chi connectivity index (χ4n) is 2.19. The molecule has 0 aromatic heterocycles. The van der Waals surface area contributed by atoms with Crippen molar-refractivity contribution in [2.45, 2.75) is 56.8 Å². The standard InChI is InChI=1S/C12H23NO2S/c1-2-3-4-12(13)16-11-6-9(8-14)5-10(15)7-11/h9-11,13-15H,2-8H2,1H3. The van der Waals surface area contributed by atoms with Crippen molar-refractivity contribution in [3.05, 3.63) is 0 Å². The Morgan fingerprint density at radius 1 is 1.38 bits per heavy atom. The molecule has 3 atom stereocenters. The molecule has 16 heavy (non-hydrogen) atoms. The van der Waals surface area contributed by atoms with Gasteiger partial charge in [-0.25, -0.2) is 0 Å². The first-order chi connectivity index (χ1) is 7.65. The van der Waals surface area contributed by atoms with Crippen LogP contribution < -0.4 is 0 Å². The molecule has 3 N–H and O–H groups in total. The summed E-state index contributed by atoms with van der Waals surface area (Å²) in [4.78, 5) is 0. The molecule has 0 saturated heterocycles. The number of hydrogen-bond acceptors (Lipinski definition) is 4. The monoisotopic (exact) mass is 245 g/mol. The zero-order valence-electron chi connectivity index (χ0n) is 9.98. The second-order valence-corrected chi connectivity index (χ2v) is 6.07. The smallest absolute Gasteiger partial charge is 0.0644 e. The van der Waals surface area contributed by atoms with Crippen LogP contribution in [0.1, 0.15) is 45.4 Å². The lowest BCUT2D eigenvalue weighted by atomic mass is 9.87. The molecule has 3 unspecified atom stereocenters. The number of aliphatic hydroxyl groups excluding tert-OH is 2. The molecule has 4 heteroatoms. The van der Waals surface area contributed by atoms with Crippen LogP contribution in [-0.4, -0.2) is 33.2 Å². The molecule has 1 saturated carbocycles. The summed E-state index contributed by atoms with van der Waals surface area (Å²) in [6.45, 7) is 2.29. The molecule has 3 nitrogen and oxygen atoms in total. The van der Waals surface area contributed by atoms with E-state index in [0.29, 0.717) is 5.25 Å². The van der Waals surface area contributed by atoms with Crippen LogP contribution in [0.25, 0.3) is 0 Å². The van der Waals surface area contributed by atoms with E-state index in [1.165, 1.54) is 0 Å². The number of aliphatic hydroxyl groups is 2. The van der Waals surface area contributed by atoms with E-state index in [1.807, 2.05) is 0 Å². The minimum atomic E-state index is -0.289. The topological polar surface area (TPSA) is 64.3 Å². The number of rotatable bonds is 5. The quantitative estimate of drug-likeness (QED) is 0.515. The SMILES string of the molecule is CCCCC(=N)SC1CC(O)CC(CO)C1. The second kappa shape index (κ2) is 7.30. The van der Waals surface area contributed by atoms with Gasteiger partial charge in [-0.2, -0.15) is 0 Å². The highest BCUT2D eigenvalue weighted by Crippen LogP contribution is 2.33. The zero-order chi connectivity index (χ0) is 12.0. The third-order valence-corrected chi connectivity index (χ3v) is 4.27. The Balaban J connectivity index is 2.32. The summed E-state index contributed by atoms with van der Waals surface area (Å²) in [7, 11) is 0. The Labute approximate surface area is 102 Å². The number of thioether (sulfide) groups is 1. The van der Waals surface area contributed by atoms with Crippen molar-refractivity contribution >= 4 is 16.8 Å². The van der Waals surface area contributed by atoms with Gasteiger partial charge >= 0.3 is 0 Å². The molecule has 0 aromatic rings. The maximum Gasteiger partial charge on any atom is 0.0644 e. The molecule has 0 radical (unpaired) electrons. The van der Waals surface area contributed by atoms with E-state index in [9.17, 15) is 5.11 Å². The Hall–Kier alpha value is -0.0600. The van der Waals surface area contributed by atoms with E-state index >= 15 is 0 Å². The molecule has 0 spiro atoms. The van der Waals surface area contributed by atoms with Crippen molar-refractivity contribution < 1.29 is 10.2 Å². The lowest BCUT2D eigenvalue weighted by molar-refractivity contribution is 0.0789. The molecule has 0 aromatic carbocycles. The van der Waals surface area contributed by atoms with Crippen molar-refractivity contribution in [3.8, 4) is 0 Å². The van der Waals surface area contributed by atoms with Crippen LogP contribution in [0.3, 0.4) is 0 Å². The van der Waals surface area contributed by atoms with E-state index in [-0.39, 0.29) is 18.6 Å². The number of hydrogen-bond donors (Lipinski definition) is 3. The largest absolute Gasteiger partial charge is 0.396 e. The highest BCUT2D eigenvalue weighted by molar-refractivity contribution is 8.14. The Morgan fingerprint density at radius 2 is 2.12 bits per heavy atom. The highest BCUT2D eigenvalue weighted by atomic mass is 32.2. The van der Waals surface area contributed by atoms with Crippen LogP contribution in [0.2, 0.25) is 0 Å². The van der Waals surface area contributed by atoms with Crippen molar-refractivity contribution in [3.63, 3.8) is 0 Å². The van der Waals surface area contributed by atoms with Gasteiger partial charge in [0.2, 0.25) is 0 Å². The number of unbranched alkanes of at least 4 members (excludes halogenated alkanes) is 1. The van der Waals surface area contributed by atoms with Crippen LogP contribution in [0, 0.1) is 11.3 Å². The first kappa shape index (κ1) is 14.0. The molecule has 1 aliphatic rings. The van der Waals surface area contributed by atoms with Crippen LogP contribution in [0.4, 0.5) is 0 Å². The molecular weight excluding hydrogens is 222 g/mol. The molecular formula is C12H23NO2S. The van der Waals surface area contributed by atoms with E-state index in [1.54, 1.807) is 11.8 Å². The molecule has 1 fully saturated rings. The molecule has 1 aliphatic carbocycles. The van der Waals surface area contributed by atoms with Gasteiger partial charge in [-0.05, 0) is 38.0 Å². The first-order valence-corrected chi connectivity index (χ1v) is 7.06. The summed E-state index contributed by atoms with van der Waals surface area (Å²) in [5, 5.41) is 27.7. The maximum absolute atomic E-state index is 9.68. The lowest BCUT2D eigenvalue weighted by Gasteiger charge is -2.31. The first-order valence-electron chi connectivity index (χ1n) is 6.18. The van der Waals surface area contributed by atoms with Gasteiger partial charge in [0.05, 0.1) is 11.1 Å². The summed E-state index contributed by atoms with van der Waals surface area (Å²) in [5.74, 6) is 0.222. The maximum atomic E-state index is 9.68. The summed E-state index contributed by atoms with van der Waals surface area (Å²) in [6.07, 6.45) is 5.19. The third-order valence-electron chi connectivity index (χ3n) is 3.06. The fourth-order valence-corrected chi connectivity index (χ4v) is 3.54. The Kier molecular flexibility index (Phi) is 6.39. The van der Waals surface area contributed by atoms with Crippen LogP contribution in [0.5, 0.6) is 0 Å². The van der Waals surface area contributed by atoms with Crippen LogP contribution >= 0.6 is 11.8 Å². The minimum Gasteiger partial charge on any atom is -0.396 e. The molecule has 0 amide bonds. The molecule has 1 rings (SSSR count). The second-order valence-electron chi connectivity index (χ2n) is 4.68. The van der Waals surface area contributed by atoms with Gasteiger partial charge in [0.25, 0.3) is 0 Å². The predicted molar refractivity (Wildman–Crippen MR) is 69.1 cm³/mol. The number of nitrogens with one attached hydrogen (secondary N) is 1. The summed E-state index contributed by atoms with van der Waals surface area (Å²) >= 11 is 1.60. The lowest BCUT2D eigenvalue weighted by Crippen LogP contribution is -2.30. The summed E-state index contributed by atoms with van der Waals surface area (Å²) in [6, 6.07) is 0. The molecule has 0 bridgehead atoms. The average Bonchev–Trinajstić information content (AvgIpc) is 2.25. The van der Waals surface area contributed by atoms with E-state index in [4.69, 9.17) is 10.5 Å². The predicted octanol–water partition coefficient (Wildman–Crippen LogP) is 2.41. The van der Waals surface area contributed by atoms with Crippen molar-refractivity contribution in [1.82, 2.24) is 0 Å². The summed E-state index contributed by atoms with van der Waals surface area (Å²) in [5.41, 5.74) is 0. The normalized spacial score (nSPS) is 30.3. The van der Waals surface area contributed by atoms with Gasteiger partial charge in [-0.3, -0.25) is 5.41 Å². The van der Waals surface area contributed by atoms with Crippen LogP contribution in [0.15, 0.2) is 0 Å². The third kappa shape index (κ3) is 4.85. The Bertz CT molecular complexity index is 223. The van der Waals surface area contributed by atoms with Crippen molar-refractivity contribution in [2.75, 3.05) is 6.61 Å². The van der Waals surface area contributed by atoms with Crippen molar-refractivity contribution in [2.24, 2.45) is 5.92 Å². The van der Waals surface area contributed by atoms with Gasteiger partial charge in [-0.15, -0.1) is 11.8 Å². The fraction of sp³-hybridized carbons (Fsp3) is 0.917. The van der Waals surface area contributed by atoms with Crippen molar-refractivity contribution in [1.29, 1.82) is 5.41 Å².